The lowest BCUT2D eigenvalue weighted by Crippen LogP contribution is -2.28. The number of aliphatic hydroxyl groups excluding tert-OH is 1. The van der Waals surface area contributed by atoms with E-state index >= 15 is 0 Å². The van der Waals surface area contributed by atoms with Gasteiger partial charge in [-0.05, 0) is 44.9 Å². The van der Waals surface area contributed by atoms with Gasteiger partial charge in [-0.15, -0.1) is 0 Å². The van der Waals surface area contributed by atoms with Crippen LogP contribution in [0.3, 0.4) is 0 Å². The van der Waals surface area contributed by atoms with Crippen LogP contribution in [-0.2, 0) is 19.1 Å². The quantitative estimate of drug-likeness (QED) is 0.0374. The third-order valence-electron chi connectivity index (χ3n) is 14.0. The van der Waals surface area contributed by atoms with E-state index in [0.717, 1.165) is 38.5 Å². The molecule has 67 heavy (non-hydrogen) atoms. The molecule has 0 aromatic rings. The van der Waals surface area contributed by atoms with Crippen molar-refractivity contribution in [1.29, 1.82) is 0 Å². The van der Waals surface area contributed by atoms with E-state index in [1.54, 1.807) is 0 Å². The average molecular weight is 944 g/mol. The summed E-state index contributed by atoms with van der Waals surface area (Å²) in [6.45, 7) is 4.16. The van der Waals surface area contributed by atoms with E-state index < -0.39 is 6.10 Å². The van der Waals surface area contributed by atoms with E-state index in [9.17, 15) is 14.7 Å². The van der Waals surface area contributed by atoms with Crippen LogP contribution < -0.4 is 0 Å². The molecule has 0 aliphatic heterocycles. The highest BCUT2D eigenvalue weighted by atomic mass is 16.6. The van der Waals surface area contributed by atoms with Crippen molar-refractivity contribution in [3.8, 4) is 0 Å². The Kier molecular flexibility index (Phi) is 57.3. The van der Waals surface area contributed by atoms with E-state index in [4.69, 9.17) is 9.47 Å². The first-order valence-electron chi connectivity index (χ1n) is 30.4. The summed E-state index contributed by atoms with van der Waals surface area (Å²) in [7, 11) is 0. The monoisotopic (exact) mass is 943 g/mol. The van der Waals surface area contributed by atoms with Gasteiger partial charge in [0.2, 0.25) is 0 Å². The van der Waals surface area contributed by atoms with Crippen molar-refractivity contribution in [2.45, 2.75) is 347 Å². The summed E-state index contributed by atoms with van der Waals surface area (Å²) in [5.41, 5.74) is 0. The summed E-state index contributed by atoms with van der Waals surface area (Å²) >= 11 is 0. The maximum Gasteiger partial charge on any atom is 0.306 e. The Morgan fingerprint density at radius 1 is 0.343 bits per heavy atom. The van der Waals surface area contributed by atoms with Gasteiger partial charge in [-0.25, -0.2) is 0 Å². The van der Waals surface area contributed by atoms with Gasteiger partial charge in [0.05, 0.1) is 6.61 Å². The molecule has 0 saturated heterocycles. The van der Waals surface area contributed by atoms with Crippen LogP contribution in [0.2, 0.25) is 0 Å². The number of carbonyl (C=O) groups excluding carboxylic acids is 2. The summed E-state index contributed by atoms with van der Waals surface area (Å²) in [6, 6.07) is 0. The fourth-order valence-electron chi connectivity index (χ4n) is 9.41. The van der Waals surface area contributed by atoms with Gasteiger partial charge in [0.25, 0.3) is 0 Å². The van der Waals surface area contributed by atoms with Gasteiger partial charge in [0, 0.05) is 12.8 Å². The summed E-state index contributed by atoms with van der Waals surface area (Å²) in [5.74, 6) is -0.576. The number of esters is 2. The van der Waals surface area contributed by atoms with Crippen molar-refractivity contribution in [2.75, 3.05) is 13.2 Å². The fourth-order valence-corrected chi connectivity index (χ4v) is 9.41. The van der Waals surface area contributed by atoms with Crippen molar-refractivity contribution in [1.82, 2.24) is 0 Å². The maximum atomic E-state index is 12.3. The zero-order chi connectivity index (χ0) is 48.5. The highest BCUT2D eigenvalue weighted by molar-refractivity contribution is 5.70. The van der Waals surface area contributed by atoms with Crippen molar-refractivity contribution in [3.05, 3.63) is 24.3 Å². The molecule has 0 aromatic heterocycles. The Morgan fingerprint density at radius 3 is 0.910 bits per heavy atom. The zero-order valence-electron chi connectivity index (χ0n) is 45.4. The van der Waals surface area contributed by atoms with Gasteiger partial charge >= 0.3 is 11.9 Å². The molecule has 1 N–H and O–H groups in total. The van der Waals surface area contributed by atoms with Crippen LogP contribution in [0.5, 0.6) is 0 Å². The second-order valence-electron chi connectivity index (χ2n) is 20.8. The van der Waals surface area contributed by atoms with Gasteiger partial charge in [-0.2, -0.15) is 0 Å². The predicted octanol–water partition coefficient (Wildman–Crippen LogP) is 20.5. The lowest BCUT2D eigenvalue weighted by atomic mass is 10.0. The Balaban J connectivity index is 3.38. The van der Waals surface area contributed by atoms with Crippen LogP contribution in [-0.4, -0.2) is 36.4 Å². The second-order valence-corrected chi connectivity index (χ2v) is 20.8. The molecule has 0 aliphatic carbocycles. The van der Waals surface area contributed by atoms with E-state index in [-0.39, 0.29) is 25.2 Å². The van der Waals surface area contributed by atoms with Crippen molar-refractivity contribution in [3.63, 3.8) is 0 Å². The molecule has 0 saturated carbocycles. The smallest absolute Gasteiger partial charge is 0.306 e. The molecule has 5 nitrogen and oxygen atoms in total. The topological polar surface area (TPSA) is 72.8 Å². The first-order valence-corrected chi connectivity index (χ1v) is 30.4. The molecule has 0 amide bonds. The SMILES string of the molecule is CCCCC/C=C\C/C=C\CCCCCCCCCCCC(=O)OC(CO)COC(=O)CCCCCCCCCCCCCCCCCCCCCCCCCCCCCCCCCCCC. The zero-order valence-corrected chi connectivity index (χ0v) is 45.4. The molecule has 1 atom stereocenters. The first-order chi connectivity index (χ1) is 33.1. The van der Waals surface area contributed by atoms with Crippen LogP contribution >= 0.6 is 0 Å². The molecule has 0 radical (unpaired) electrons. The number of aliphatic hydroxyl groups is 1. The number of ether oxygens (including phenoxy) is 2. The Morgan fingerprint density at radius 2 is 0.597 bits per heavy atom. The number of hydrogen-bond acceptors (Lipinski definition) is 5. The van der Waals surface area contributed by atoms with Gasteiger partial charge in [0.1, 0.15) is 6.61 Å². The molecule has 0 heterocycles. The molecule has 0 spiro atoms. The number of hydrogen-bond donors (Lipinski definition) is 1. The summed E-state index contributed by atoms with van der Waals surface area (Å²) in [5, 5.41) is 9.65. The molecular weight excluding hydrogens is 825 g/mol. The minimum absolute atomic E-state index is 0.0619. The van der Waals surface area contributed by atoms with Gasteiger partial charge < -0.3 is 14.6 Å². The second kappa shape index (κ2) is 58.7. The first kappa shape index (κ1) is 65.4. The summed E-state index contributed by atoms with van der Waals surface area (Å²) in [6.07, 6.45) is 74.7. The van der Waals surface area contributed by atoms with Crippen molar-refractivity contribution < 1.29 is 24.2 Å². The van der Waals surface area contributed by atoms with Gasteiger partial charge in [-0.1, -0.05) is 308 Å². The summed E-state index contributed by atoms with van der Waals surface area (Å²) < 4.78 is 10.7. The summed E-state index contributed by atoms with van der Waals surface area (Å²) in [4.78, 5) is 24.5. The van der Waals surface area contributed by atoms with Crippen LogP contribution in [0, 0.1) is 0 Å². The number of unbranched alkanes of at least 4 members (excludes halogenated alkanes) is 45. The van der Waals surface area contributed by atoms with E-state index in [1.165, 1.54) is 276 Å². The molecule has 1 unspecified atom stereocenters. The molecule has 0 rings (SSSR count). The highest BCUT2D eigenvalue weighted by Gasteiger charge is 2.16. The minimum Gasteiger partial charge on any atom is -0.462 e. The number of carbonyl (C=O) groups is 2. The lowest BCUT2D eigenvalue weighted by molar-refractivity contribution is -0.161. The predicted molar refractivity (Wildman–Crippen MR) is 293 cm³/mol. The Hall–Kier alpha value is -1.62. The molecule has 5 heteroatoms. The number of allylic oxidation sites excluding steroid dienone is 4. The molecule has 396 valence electrons. The van der Waals surface area contributed by atoms with Crippen LogP contribution in [0.1, 0.15) is 341 Å². The van der Waals surface area contributed by atoms with E-state index in [2.05, 4.69) is 38.2 Å². The molecule has 0 fully saturated rings. The van der Waals surface area contributed by atoms with Crippen LogP contribution in [0.25, 0.3) is 0 Å². The van der Waals surface area contributed by atoms with Crippen LogP contribution in [0.15, 0.2) is 24.3 Å². The maximum absolute atomic E-state index is 12.3. The Labute approximate surface area is 419 Å². The minimum atomic E-state index is -0.771. The number of rotatable bonds is 57. The van der Waals surface area contributed by atoms with E-state index in [0.29, 0.717) is 12.8 Å². The van der Waals surface area contributed by atoms with Crippen LogP contribution in [0.4, 0.5) is 0 Å². The lowest BCUT2D eigenvalue weighted by Gasteiger charge is -2.15. The van der Waals surface area contributed by atoms with Gasteiger partial charge in [-0.3, -0.25) is 9.59 Å². The molecular formula is C62H118O5. The largest absolute Gasteiger partial charge is 0.462 e. The van der Waals surface area contributed by atoms with E-state index in [1.807, 2.05) is 0 Å². The van der Waals surface area contributed by atoms with Gasteiger partial charge in [0.15, 0.2) is 6.10 Å². The fraction of sp³-hybridized carbons (Fsp3) is 0.903. The standard InChI is InChI=1S/C62H118O5/c1-3-5-7-9-11-13-15-17-19-21-23-24-25-26-27-28-29-30-31-32-33-34-35-36-37-39-40-42-44-46-48-50-52-54-56-61(64)66-59-60(58-63)67-62(65)57-55-53-51-49-47-45-43-41-38-22-20-18-16-14-12-10-8-6-4-2/h12,14,18,20,60,63H,3-11,13,15-17,19,21-59H2,1-2H3/b14-12-,20-18-. The Bertz CT molecular complexity index is 1020. The molecule has 0 aliphatic rings. The molecule has 0 bridgehead atoms. The van der Waals surface area contributed by atoms with Crippen molar-refractivity contribution >= 4 is 11.9 Å². The third-order valence-corrected chi connectivity index (χ3v) is 14.0. The third kappa shape index (κ3) is 56.9. The average Bonchev–Trinajstić information content (AvgIpc) is 3.33. The normalized spacial score (nSPS) is 12.2. The highest BCUT2D eigenvalue weighted by Crippen LogP contribution is 2.18. The molecule has 0 aromatic carbocycles. The van der Waals surface area contributed by atoms with Crippen molar-refractivity contribution in [2.24, 2.45) is 0 Å².